The number of phosphoric acid groups is 1. The van der Waals surface area contributed by atoms with Crippen LogP contribution in [0.5, 0.6) is 0 Å². The SMILES string of the molecule is [B]OP(=O)([O-])[O-].[Co+2]. The molecule has 3 radical (unpaired) electrons. The van der Waals surface area contributed by atoms with Gasteiger partial charge < -0.3 is 18.8 Å². The average Bonchev–Trinajstić information content (AvgIpc) is 1.35. The van der Waals surface area contributed by atoms with Crippen LogP contribution < -0.4 is 9.79 Å². The second-order valence-corrected chi connectivity index (χ2v) is 1.66. The molecule has 0 aromatic carbocycles. The first-order valence-electron chi connectivity index (χ1n) is 0.966. The Hall–Kier alpha value is 0.681. The van der Waals surface area contributed by atoms with Crippen LogP contribution in [0, 0.1) is 0 Å². The molecule has 0 unspecified atom stereocenters. The molecule has 41 valence electrons. The molecular weight excluding hydrogens is 165 g/mol. The van der Waals surface area contributed by atoms with Crippen LogP contribution in [0.3, 0.4) is 0 Å². The van der Waals surface area contributed by atoms with Gasteiger partial charge in [-0.1, -0.05) is 0 Å². The van der Waals surface area contributed by atoms with Crippen LogP contribution in [0.25, 0.3) is 0 Å². The third-order valence-electron chi connectivity index (χ3n) is 0.129. The van der Waals surface area contributed by atoms with Gasteiger partial charge in [0.1, 0.15) is 0 Å². The molecule has 0 aliphatic heterocycles. The fourth-order valence-corrected chi connectivity index (χ4v) is 0. The monoisotopic (exact) mass is 165 g/mol. The van der Waals surface area contributed by atoms with Crippen molar-refractivity contribution in [3.63, 3.8) is 0 Å². The molecule has 0 amide bonds. The maximum Gasteiger partial charge on any atom is 2.00 e. The van der Waals surface area contributed by atoms with E-state index in [0.717, 1.165) is 0 Å². The van der Waals surface area contributed by atoms with E-state index in [1.165, 1.54) is 0 Å². The molecule has 0 spiro atoms. The van der Waals surface area contributed by atoms with E-state index in [4.69, 9.17) is 14.4 Å². The Morgan fingerprint density at radius 2 is 1.71 bits per heavy atom. The van der Waals surface area contributed by atoms with Crippen molar-refractivity contribution in [2.24, 2.45) is 0 Å². The van der Waals surface area contributed by atoms with Gasteiger partial charge in [-0.05, 0) is 0 Å². The van der Waals surface area contributed by atoms with Crippen molar-refractivity contribution in [2.45, 2.75) is 0 Å². The summed E-state index contributed by atoms with van der Waals surface area (Å²) in [6, 6.07) is 0. The van der Waals surface area contributed by atoms with Crippen molar-refractivity contribution in [3.05, 3.63) is 0 Å². The molecule has 0 fully saturated rings. The largest absolute Gasteiger partial charge is 2.00 e. The van der Waals surface area contributed by atoms with Gasteiger partial charge in [0.25, 0.3) is 8.05 Å². The standard InChI is InChI=1S/BH2O4P.Co/c1-5-6(2,3)4;/h(H2,2,3,4);/q;+2/p-2. The smallest absolute Gasteiger partial charge is 0.791 e. The van der Waals surface area contributed by atoms with Gasteiger partial charge in [0.2, 0.25) is 0 Å². The van der Waals surface area contributed by atoms with E-state index in [2.05, 4.69) is 12.5 Å². The molecule has 0 saturated carbocycles. The molecule has 0 aliphatic carbocycles. The Bertz CT molecular complexity index is 75.8. The molecule has 0 N–H and O–H groups in total. The minimum Gasteiger partial charge on any atom is -0.791 e. The van der Waals surface area contributed by atoms with Gasteiger partial charge in [-0.3, -0.25) is 0 Å². The van der Waals surface area contributed by atoms with Gasteiger partial charge in [0, 0.05) is 7.82 Å². The molecule has 7 heteroatoms. The normalized spacial score (nSPS) is 10.0. The Morgan fingerprint density at radius 1 is 1.57 bits per heavy atom. The predicted octanol–water partition coefficient (Wildman–Crippen LogP) is -2.09. The molecule has 0 bridgehead atoms. The van der Waals surface area contributed by atoms with Gasteiger partial charge >= 0.3 is 16.8 Å². The van der Waals surface area contributed by atoms with Gasteiger partial charge in [-0.15, -0.1) is 0 Å². The van der Waals surface area contributed by atoms with Crippen LogP contribution in [0.2, 0.25) is 0 Å². The van der Waals surface area contributed by atoms with Crippen LogP contribution in [0.1, 0.15) is 0 Å². The molecule has 0 aromatic rings. The van der Waals surface area contributed by atoms with Crippen LogP contribution in [0.4, 0.5) is 0 Å². The van der Waals surface area contributed by atoms with Crippen molar-refractivity contribution in [1.82, 2.24) is 0 Å². The summed E-state index contributed by atoms with van der Waals surface area (Å²) in [5, 5.41) is 0. The van der Waals surface area contributed by atoms with E-state index in [-0.39, 0.29) is 16.8 Å². The zero-order valence-electron chi connectivity index (χ0n) is 2.99. The van der Waals surface area contributed by atoms with Crippen LogP contribution in [0.15, 0.2) is 0 Å². The summed E-state index contributed by atoms with van der Waals surface area (Å²) in [6.07, 6.45) is 0. The molecule has 0 aromatic heterocycles. The van der Waals surface area contributed by atoms with Gasteiger partial charge in [-0.25, -0.2) is 0 Å². The predicted molar refractivity (Wildman–Crippen MR) is 14.4 cm³/mol. The summed E-state index contributed by atoms with van der Waals surface area (Å²) in [7, 11) is -0.951. The molecular formula is BCoO4P. The van der Waals surface area contributed by atoms with Crippen molar-refractivity contribution < 1.29 is 35.6 Å². The van der Waals surface area contributed by atoms with Gasteiger partial charge in [-0.2, -0.15) is 0 Å². The zero-order valence-corrected chi connectivity index (χ0v) is 4.93. The van der Waals surface area contributed by atoms with Crippen LogP contribution in [-0.4, -0.2) is 8.05 Å². The third-order valence-corrected chi connectivity index (χ3v) is 0.387. The Kier molecular flexibility index (Phi) is 5.55. The first-order chi connectivity index (χ1) is 2.56. The van der Waals surface area contributed by atoms with Crippen molar-refractivity contribution >= 4 is 15.9 Å². The third kappa shape index (κ3) is 10.8. The second kappa shape index (κ2) is 3.66. The topological polar surface area (TPSA) is 72.4 Å². The summed E-state index contributed by atoms with van der Waals surface area (Å²) in [4.78, 5) is 18.2. The van der Waals surface area contributed by atoms with E-state index < -0.39 is 7.82 Å². The minimum atomic E-state index is -4.87. The molecule has 0 heterocycles. The fourth-order valence-electron chi connectivity index (χ4n) is 0. The molecule has 4 nitrogen and oxygen atoms in total. The Morgan fingerprint density at radius 3 is 1.71 bits per heavy atom. The average molecular weight is 165 g/mol. The molecule has 7 heavy (non-hydrogen) atoms. The maximum absolute atomic E-state index is 9.12. The summed E-state index contributed by atoms with van der Waals surface area (Å²) >= 11 is 0. The Labute approximate surface area is 52.1 Å². The first-order valence-corrected chi connectivity index (χ1v) is 2.43. The molecule has 0 aliphatic rings. The van der Waals surface area contributed by atoms with Crippen molar-refractivity contribution in [2.75, 3.05) is 0 Å². The molecule has 0 saturated heterocycles. The van der Waals surface area contributed by atoms with Crippen molar-refractivity contribution in [1.29, 1.82) is 0 Å². The maximum atomic E-state index is 9.12. The van der Waals surface area contributed by atoms with Crippen molar-refractivity contribution in [3.8, 4) is 0 Å². The number of hydrogen-bond acceptors (Lipinski definition) is 4. The van der Waals surface area contributed by atoms with E-state index in [1.807, 2.05) is 0 Å². The molecule has 0 rings (SSSR count). The van der Waals surface area contributed by atoms with Gasteiger partial charge in [0.15, 0.2) is 0 Å². The first kappa shape index (κ1) is 10.6. The Balaban J connectivity index is 0. The summed E-state index contributed by atoms with van der Waals surface area (Å²) in [6.45, 7) is 0. The molecule has 0 atom stereocenters. The second-order valence-electron chi connectivity index (χ2n) is 0.553. The quantitative estimate of drug-likeness (QED) is 0.329. The summed E-state index contributed by atoms with van der Waals surface area (Å²) in [5.41, 5.74) is 0. The fraction of sp³-hybridized carbons (Fsp3) is 0. The summed E-state index contributed by atoms with van der Waals surface area (Å²) in [5.74, 6) is 0. The van der Waals surface area contributed by atoms with Gasteiger partial charge in [0.05, 0.1) is 0 Å². The number of rotatable bonds is 1. The van der Waals surface area contributed by atoms with E-state index in [1.54, 1.807) is 0 Å². The van der Waals surface area contributed by atoms with E-state index in [9.17, 15) is 0 Å². The number of hydrogen-bond donors (Lipinski definition) is 0. The van der Waals surface area contributed by atoms with E-state index >= 15 is 0 Å². The van der Waals surface area contributed by atoms with Crippen LogP contribution >= 0.6 is 7.82 Å². The summed E-state index contributed by atoms with van der Waals surface area (Å²) < 4.78 is 12.0. The van der Waals surface area contributed by atoms with E-state index in [0.29, 0.717) is 0 Å². The minimum absolute atomic E-state index is 0. The van der Waals surface area contributed by atoms with Crippen LogP contribution in [-0.2, 0) is 25.8 Å². The zero-order chi connectivity index (χ0) is 5.21.